The van der Waals surface area contributed by atoms with Crippen molar-refractivity contribution in [3.8, 4) is 5.75 Å². The lowest BCUT2D eigenvalue weighted by molar-refractivity contribution is -0.158. The number of benzene rings is 1. The molecule has 132 valence electrons. The van der Waals surface area contributed by atoms with E-state index < -0.39 is 12.1 Å². The number of piperidine rings is 1. The van der Waals surface area contributed by atoms with Crippen LogP contribution in [-0.2, 0) is 14.3 Å². The first-order valence-corrected chi connectivity index (χ1v) is 8.77. The average Bonchev–Trinajstić information content (AvgIpc) is 2.59. The van der Waals surface area contributed by atoms with E-state index in [0.29, 0.717) is 10.8 Å². The molecule has 2 unspecified atom stereocenters. The molecule has 0 aliphatic carbocycles. The van der Waals surface area contributed by atoms with Crippen molar-refractivity contribution in [2.24, 2.45) is 0 Å². The topological polar surface area (TPSA) is 55.8 Å². The van der Waals surface area contributed by atoms with Gasteiger partial charge in [-0.25, -0.2) is 4.79 Å². The Kier molecular flexibility index (Phi) is 6.91. The van der Waals surface area contributed by atoms with Crippen LogP contribution in [0.15, 0.2) is 24.3 Å². The lowest BCUT2D eigenvalue weighted by atomic mass is 10.00. The third-order valence-corrected chi connectivity index (χ3v) is 4.43. The third kappa shape index (κ3) is 5.13. The van der Waals surface area contributed by atoms with Gasteiger partial charge in [-0.2, -0.15) is 0 Å². The molecule has 5 nitrogen and oxygen atoms in total. The smallest absolute Gasteiger partial charge is 0.347 e. The molecule has 1 aromatic carbocycles. The van der Waals surface area contributed by atoms with Gasteiger partial charge in [0.15, 0.2) is 12.7 Å². The minimum atomic E-state index is -0.806. The van der Waals surface area contributed by atoms with Gasteiger partial charge in [0.1, 0.15) is 5.75 Å². The van der Waals surface area contributed by atoms with Crippen LogP contribution in [0.3, 0.4) is 0 Å². The number of hydrogen-bond acceptors (Lipinski definition) is 4. The first kappa shape index (κ1) is 18.6. The molecule has 2 rings (SSSR count). The Morgan fingerprint density at radius 1 is 1.38 bits per heavy atom. The monoisotopic (exact) mass is 353 g/mol. The molecule has 1 amide bonds. The summed E-state index contributed by atoms with van der Waals surface area (Å²) in [5, 5.41) is 0.527. The van der Waals surface area contributed by atoms with Crippen molar-refractivity contribution in [1.29, 1.82) is 0 Å². The Labute approximate surface area is 147 Å². The van der Waals surface area contributed by atoms with E-state index in [1.807, 2.05) is 4.90 Å². The fourth-order valence-electron chi connectivity index (χ4n) is 2.88. The maximum absolute atomic E-state index is 12.3. The second kappa shape index (κ2) is 8.92. The molecule has 0 bridgehead atoms. The number of hydrogen-bond donors (Lipinski definition) is 0. The van der Waals surface area contributed by atoms with E-state index in [1.165, 1.54) is 0 Å². The fourth-order valence-corrected chi connectivity index (χ4v) is 3.06. The first-order chi connectivity index (χ1) is 11.5. The highest BCUT2D eigenvalue weighted by Gasteiger charge is 2.26. The van der Waals surface area contributed by atoms with Crippen LogP contribution in [0.1, 0.15) is 39.5 Å². The van der Waals surface area contributed by atoms with Crippen molar-refractivity contribution in [2.75, 3.05) is 13.2 Å². The van der Waals surface area contributed by atoms with Crippen LogP contribution in [0.5, 0.6) is 5.75 Å². The summed E-state index contributed by atoms with van der Waals surface area (Å²) in [4.78, 5) is 26.1. The van der Waals surface area contributed by atoms with Crippen molar-refractivity contribution < 1.29 is 19.1 Å². The number of carbonyl (C=O) groups is 2. The number of rotatable bonds is 6. The Morgan fingerprint density at radius 3 is 2.88 bits per heavy atom. The van der Waals surface area contributed by atoms with E-state index in [4.69, 9.17) is 21.1 Å². The van der Waals surface area contributed by atoms with E-state index in [-0.39, 0.29) is 18.6 Å². The summed E-state index contributed by atoms with van der Waals surface area (Å²) in [6, 6.07) is 7.04. The summed E-state index contributed by atoms with van der Waals surface area (Å²) >= 11 is 5.88. The zero-order chi connectivity index (χ0) is 17.5. The average molecular weight is 354 g/mol. The van der Waals surface area contributed by atoms with E-state index in [1.54, 1.807) is 31.2 Å². The van der Waals surface area contributed by atoms with Gasteiger partial charge in [-0.05, 0) is 50.8 Å². The van der Waals surface area contributed by atoms with Gasteiger partial charge < -0.3 is 14.4 Å². The van der Waals surface area contributed by atoms with Gasteiger partial charge in [0, 0.05) is 17.6 Å². The molecule has 1 aliphatic rings. The zero-order valence-corrected chi connectivity index (χ0v) is 14.9. The van der Waals surface area contributed by atoms with E-state index >= 15 is 0 Å². The van der Waals surface area contributed by atoms with E-state index in [0.717, 1.165) is 32.2 Å². The van der Waals surface area contributed by atoms with Gasteiger partial charge in [0.2, 0.25) is 0 Å². The molecule has 24 heavy (non-hydrogen) atoms. The van der Waals surface area contributed by atoms with Gasteiger partial charge >= 0.3 is 5.97 Å². The van der Waals surface area contributed by atoms with Crippen molar-refractivity contribution in [2.45, 2.75) is 51.7 Å². The standard InChI is InChI=1S/C18H24ClNO4/c1-3-15-8-4-5-10-20(15)17(21)12-23-18(22)13(2)24-16-9-6-7-14(19)11-16/h6-7,9,11,13,15H,3-5,8,10,12H2,1-2H3. The summed E-state index contributed by atoms with van der Waals surface area (Å²) in [6.07, 6.45) is 3.29. The number of likely N-dealkylation sites (tertiary alicyclic amines) is 1. The zero-order valence-electron chi connectivity index (χ0n) is 14.2. The Morgan fingerprint density at radius 2 is 2.17 bits per heavy atom. The third-order valence-electron chi connectivity index (χ3n) is 4.20. The van der Waals surface area contributed by atoms with Gasteiger partial charge in [0.25, 0.3) is 5.91 Å². The molecule has 1 fully saturated rings. The lowest BCUT2D eigenvalue weighted by Gasteiger charge is -2.35. The molecule has 0 radical (unpaired) electrons. The van der Waals surface area contributed by atoms with Crippen LogP contribution in [-0.4, -0.2) is 42.1 Å². The van der Waals surface area contributed by atoms with Crippen LogP contribution in [0, 0.1) is 0 Å². The number of amides is 1. The first-order valence-electron chi connectivity index (χ1n) is 8.39. The van der Waals surface area contributed by atoms with Crippen molar-refractivity contribution in [1.82, 2.24) is 4.90 Å². The number of esters is 1. The number of carbonyl (C=O) groups excluding carboxylic acids is 2. The van der Waals surface area contributed by atoms with E-state index in [2.05, 4.69) is 6.92 Å². The highest BCUT2D eigenvalue weighted by Crippen LogP contribution is 2.20. The summed E-state index contributed by atoms with van der Waals surface area (Å²) in [5.74, 6) is -0.210. The minimum Gasteiger partial charge on any atom is -0.479 e. The molecular formula is C18H24ClNO4. The van der Waals surface area contributed by atoms with Crippen molar-refractivity contribution in [3.05, 3.63) is 29.3 Å². The van der Waals surface area contributed by atoms with Gasteiger partial charge in [-0.15, -0.1) is 0 Å². The lowest BCUT2D eigenvalue weighted by Crippen LogP contribution is -2.45. The molecule has 1 aromatic rings. The maximum Gasteiger partial charge on any atom is 0.347 e. The molecule has 2 atom stereocenters. The second-order valence-corrected chi connectivity index (χ2v) is 6.41. The van der Waals surface area contributed by atoms with Crippen LogP contribution in [0.4, 0.5) is 0 Å². The van der Waals surface area contributed by atoms with Crippen molar-refractivity contribution in [3.63, 3.8) is 0 Å². The fraction of sp³-hybridized carbons (Fsp3) is 0.556. The molecule has 1 saturated heterocycles. The van der Waals surface area contributed by atoms with Gasteiger partial charge in [-0.1, -0.05) is 24.6 Å². The molecule has 0 aromatic heterocycles. The molecule has 0 N–H and O–H groups in total. The largest absolute Gasteiger partial charge is 0.479 e. The quantitative estimate of drug-likeness (QED) is 0.735. The minimum absolute atomic E-state index is 0.134. The Balaban J connectivity index is 1.82. The summed E-state index contributed by atoms with van der Waals surface area (Å²) < 4.78 is 10.6. The predicted molar refractivity (Wildman–Crippen MR) is 92.1 cm³/mol. The van der Waals surface area contributed by atoms with Crippen LogP contribution in [0.2, 0.25) is 5.02 Å². The maximum atomic E-state index is 12.3. The number of ether oxygens (including phenoxy) is 2. The molecule has 6 heteroatoms. The summed E-state index contributed by atoms with van der Waals surface area (Å²) in [5.41, 5.74) is 0. The molecule has 1 heterocycles. The van der Waals surface area contributed by atoms with Crippen LogP contribution < -0.4 is 4.74 Å². The number of halogens is 1. The number of nitrogens with zero attached hydrogens (tertiary/aromatic N) is 1. The Bertz CT molecular complexity index is 578. The second-order valence-electron chi connectivity index (χ2n) is 5.97. The van der Waals surface area contributed by atoms with Crippen molar-refractivity contribution >= 4 is 23.5 Å². The molecule has 1 aliphatic heterocycles. The highest BCUT2D eigenvalue weighted by atomic mass is 35.5. The SMILES string of the molecule is CCC1CCCCN1C(=O)COC(=O)C(C)Oc1cccc(Cl)c1. The van der Waals surface area contributed by atoms with Gasteiger partial charge in [-0.3, -0.25) is 4.79 Å². The van der Waals surface area contributed by atoms with Gasteiger partial charge in [0.05, 0.1) is 0 Å². The highest BCUT2D eigenvalue weighted by molar-refractivity contribution is 6.30. The van der Waals surface area contributed by atoms with Crippen LogP contribution >= 0.6 is 11.6 Å². The molecular weight excluding hydrogens is 330 g/mol. The summed E-state index contributed by atoms with van der Waals surface area (Å²) in [7, 11) is 0. The predicted octanol–water partition coefficient (Wildman–Crippen LogP) is 3.44. The van der Waals surface area contributed by atoms with Crippen LogP contribution in [0.25, 0.3) is 0 Å². The molecule has 0 spiro atoms. The normalized spacial score (nSPS) is 18.8. The summed E-state index contributed by atoms with van der Waals surface area (Å²) in [6.45, 7) is 4.16. The van der Waals surface area contributed by atoms with E-state index in [9.17, 15) is 9.59 Å². The molecule has 0 saturated carbocycles. The Hall–Kier alpha value is -1.75.